The Morgan fingerprint density at radius 1 is 1.25 bits per heavy atom. The maximum atomic E-state index is 12.4. The third-order valence-corrected chi connectivity index (χ3v) is 4.32. The van der Waals surface area contributed by atoms with Crippen LogP contribution < -0.4 is 5.32 Å². The number of ketones is 1. The molecule has 0 bridgehead atoms. The molecule has 1 aromatic carbocycles. The van der Waals surface area contributed by atoms with Gasteiger partial charge in [-0.25, -0.2) is 0 Å². The molecule has 2 unspecified atom stereocenters. The number of carbonyl (C=O) groups is 1. The Labute approximate surface area is 95.0 Å². The van der Waals surface area contributed by atoms with Crippen LogP contribution in [-0.4, -0.2) is 12.3 Å². The van der Waals surface area contributed by atoms with Gasteiger partial charge in [0.15, 0.2) is 5.78 Å². The van der Waals surface area contributed by atoms with Crippen LogP contribution in [0.3, 0.4) is 0 Å². The number of Topliss-reactive ketones (excluding diaryl/α,β-unsaturated/α-hetero) is 1. The smallest absolute Gasteiger partial charge is 0.168 e. The lowest BCUT2D eigenvalue weighted by Crippen LogP contribution is -2.33. The van der Waals surface area contributed by atoms with E-state index in [0.717, 1.165) is 18.5 Å². The number of rotatable bonds is 1. The number of hydrogen-bond donors (Lipinski definition) is 1. The highest BCUT2D eigenvalue weighted by atomic mass is 16.1. The third-order valence-electron chi connectivity index (χ3n) is 4.32. The topological polar surface area (TPSA) is 29.1 Å². The van der Waals surface area contributed by atoms with Gasteiger partial charge in [-0.15, -0.1) is 0 Å². The van der Waals surface area contributed by atoms with Crippen molar-refractivity contribution in [2.45, 2.75) is 25.3 Å². The van der Waals surface area contributed by atoms with E-state index in [1.165, 1.54) is 24.0 Å². The van der Waals surface area contributed by atoms with Crippen molar-refractivity contribution < 1.29 is 4.79 Å². The molecule has 1 aromatic rings. The van der Waals surface area contributed by atoms with E-state index in [1.807, 2.05) is 12.1 Å². The highest BCUT2D eigenvalue weighted by molar-refractivity contribution is 6.04. The van der Waals surface area contributed by atoms with E-state index in [1.54, 1.807) is 0 Å². The van der Waals surface area contributed by atoms with Crippen molar-refractivity contribution in [1.82, 2.24) is 5.32 Å². The minimum absolute atomic E-state index is 0.247. The van der Waals surface area contributed by atoms with E-state index in [9.17, 15) is 4.79 Å². The molecule has 1 aliphatic heterocycles. The molecule has 0 amide bonds. The van der Waals surface area contributed by atoms with Crippen LogP contribution >= 0.6 is 0 Å². The van der Waals surface area contributed by atoms with Gasteiger partial charge in [0, 0.05) is 17.5 Å². The summed E-state index contributed by atoms with van der Waals surface area (Å²) in [6, 6.07) is 6.59. The van der Waals surface area contributed by atoms with Gasteiger partial charge in [-0.2, -0.15) is 0 Å². The molecule has 2 nitrogen and oxygen atoms in total. The predicted molar refractivity (Wildman–Crippen MR) is 61.4 cm³/mol. The molecule has 3 aliphatic rings. The summed E-state index contributed by atoms with van der Waals surface area (Å²) < 4.78 is 0. The fourth-order valence-corrected chi connectivity index (χ4v) is 3.46. The van der Waals surface area contributed by atoms with E-state index in [4.69, 9.17) is 0 Å². The van der Waals surface area contributed by atoms with Crippen molar-refractivity contribution in [3.63, 3.8) is 0 Å². The summed E-state index contributed by atoms with van der Waals surface area (Å²) in [5.74, 6) is 1.30. The van der Waals surface area contributed by atoms with Gasteiger partial charge in [0.1, 0.15) is 0 Å². The molecule has 0 saturated heterocycles. The van der Waals surface area contributed by atoms with Crippen LogP contribution in [0.4, 0.5) is 0 Å². The monoisotopic (exact) mass is 213 g/mol. The maximum Gasteiger partial charge on any atom is 0.168 e. The van der Waals surface area contributed by atoms with E-state index >= 15 is 0 Å². The van der Waals surface area contributed by atoms with Gasteiger partial charge >= 0.3 is 0 Å². The van der Waals surface area contributed by atoms with E-state index in [-0.39, 0.29) is 5.92 Å². The number of benzene rings is 1. The summed E-state index contributed by atoms with van der Waals surface area (Å²) in [6.07, 6.45) is 3.57. The molecular formula is C14H15NO. The lowest BCUT2D eigenvalue weighted by molar-refractivity contribution is 0.0897. The van der Waals surface area contributed by atoms with Crippen molar-refractivity contribution in [3.8, 4) is 0 Å². The van der Waals surface area contributed by atoms with Gasteiger partial charge in [0.05, 0.1) is 0 Å². The second-order valence-corrected chi connectivity index (χ2v) is 5.29. The number of hydrogen-bond acceptors (Lipinski definition) is 2. The van der Waals surface area contributed by atoms with Crippen molar-refractivity contribution in [3.05, 3.63) is 34.9 Å². The molecule has 2 heteroatoms. The molecule has 1 heterocycles. The Hall–Kier alpha value is -1.15. The lowest BCUT2D eigenvalue weighted by Gasteiger charge is -2.26. The van der Waals surface area contributed by atoms with Crippen LogP contribution in [0.25, 0.3) is 0 Å². The van der Waals surface area contributed by atoms with Gasteiger partial charge in [-0.1, -0.05) is 18.2 Å². The largest absolute Gasteiger partial charge is 0.309 e. The highest BCUT2D eigenvalue weighted by Crippen LogP contribution is 2.50. The van der Waals surface area contributed by atoms with Crippen molar-refractivity contribution in [2.24, 2.45) is 11.8 Å². The van der Waals surface area contributed by atoms with Crippen LogP contribution in [0.2, 0.25) is 0 Å². The summed E-state index contributed by atoms with van der Waals surface area (Å²) in [6.45, 7) is 1.03. The maximum absolute atomic E-state index is 12.4. The zero-order valence-electron chi connectivity index (χ0n) is 9.20. The van der Waals surface area contributed by atoms with Crippen molar-refractivity contribution in [1.29, 1.82) is 0 Å². The minimum Gasteiger partial charge on any atom is -0.309 e. The fraction of sp³-hybridized carbons (Fsp3) is 0.500. The number of nitrogens with one attached hydrogen (secondary N) is 1. The normalized spacial score (nSPS) is 31.6. The third kappa shape index (κ3) is 1.03. The van der Waals surface area contributed by atoms with Gasteiger partial charge < -0.3 is 5.32 Å². The lowest BCUT2D eigenvalue weighted by atomic mass is 9.90. The van der Waals surface area contributed by atoms with Crippen LogP contribution in [0.1, 0.15) is 40.4 Å². The van der Waals surface area contributed by atoms with Gasteiger partial charge in [-0.05, 0) is 42.9 Å². The Balaban J connectivity index is 1.91. The quantitative estimate of drug-likeness (QED) is 0.774. The average molecular weight is 213 g/mol. The molecule has 4 rings (SSSR count). The zero-order chi connectivity index (χ0) is 10.7. The molecule has 0 radical (unpaired) electrons. The van der Waals surface area contributed by atoms with Gasteiger partial charge in [0.2, 0.25) is 0 Å². The Morgan fingerprint density at radius 2 is 2.12 bits per heavy atom. The summed E-state index contributed by atoms with van der Waals surface area (Å²) in [7, 11) is 0. The first-order valence-corrected chi connectivity index (χ1v) is 6.25. The van der Waals surface area contributed by atoms with E-state index in [0.29, 0.717) is 17.7 Å². The van der Waals surface area contributed by atoms with Gasteiger partial charge in [-0.3, -0.25) is 4.79 Å². The Bertz CT molecular complexity index is 476. The first kappa shape index (κ1) is 8.94. The SMILES string of the molecule is O=C1c2cccc3c2C(NCC3)C1C1CC1. The molecule has 0 aromatic heterocycles. The van der Waals surface area contributed by atoms with Crippen LogP contribution in [-0.2, 0) is 6.42 Å². The summed E-state index contributed by atoms with van der Waals surface area (Å²) in [5.41, 5.74) is 3.74. The molecule has 82 valence electrons. The molecule has 1 N–H and O–H groups in total. The molecule has 1 saturated carbocycles. The second-order valence-electron chi connectivity index (χ2n) is 5.29. The summed E-state index contributed by atoms with van der Waals surface area (Å²) >= 11 is 0. The van der Waals surface area contributed by atoms with Crippen molar-refractivity contribution in [2.75, 3.05) is 6.54 Å². The second kappa shape index (κ2) is 2.95. The van der Waals surface area contributed by atoms with Crippen LogP contribution in [0.15, 0.2) is 18.2 Å². The summed E-state index contributed by atoms with van der Waals surface area (Å²) in [5, 5.41) is 3.56. The standard InChI is InChI=1S/C14H15NO/c16-14-10-3-1-2-8-6-7-15-13(11(8)10)12(14)9-4-5-9/h1-3,9,12-13,15H,4-7H2. The first-order chi connectivity index (χ1) is 7.86. The summed E-state index contributed by atoms with van der Waals surface area (Å²) in [4.78, 5) is 12.4. The Kier molecular flexibility index (Phi) is 1.65. The van der Waals surface area contributed by atoms with E-state index in [2.05, 4.69) is 11.4 Å². The van der Waals surface area contributed by atoms with Crippen LogP contribution in [0.5, 0.6) is 0 Å². The Morgan fingerprint density at radius 3 is 2.94 bits per heavy atom. The zero-order valence-corrected chi connectivity index (χ0v) is 9.20. The molecule has 2 atom stereocenters. The van der Waals surface area contributed by atoms with E-state index < -0.39 is 0 Å². The first-order valence-electron chi connectivity index (χ1n) is 6.25. The molecule has 0 spiro atoms. The van der Waals surface area contributed by atoms with Gasteiger partial charge in [0.25, 0.3) is 0 Å². The molecular weight excluding hydrogens is 198 g/mol. The molecule has 1 fully saturated rings. The average Bonchev–Trinajstić information content (AvgIpc) is 3.09. The van der Waals surface area contributed by atoms with Crippen molar-refractivity contribution >= 4 is 5.78 Å². The molecule has 16 heavy (non-hydrogen) atoms. The fourth-order valence-electron chi connectivity index (χ4n) is 3.46. The van der Waals surface area contributed by atoms with Crippen LogP contribution in [0, 0.1) is 11.8 Å². The highest BCUT2D eigenvalue weighted by Gasteiger charge is 2.49. The minimum atomic E-state index is 0.247. The number of carbonyl (C=O) groups excluding carboxylic acids is 1. The predicted octanol–water partition coefficient (Wildman–Crippen LogP) is 2.10. The molecule has 2 aliphatic carbocycles.